The fourth-order valence-electron chi connectivity index (χ4n) is 3.94. The minimum absolute atomic E-state index is 0.0473. The molecule has 1 aromatic carbocycles. The second-order valence-corrected chi connectivity index (χ2v) is 7.39. The number of anilines is 1. The van der Waals surface area contributed by atoms with E-state index in [0.717, 1.165) is 31.2 Å². The van der Waals surface area contributed by atoms with Crippen LogP contribution in [0.5, 0.6) is 0 Å². The van der Waals surface area contributed by atoms with Crippen LogP contribution in [0.4, 0.5) is 5.82 Å². The number of ketones is 1. The van der Waals surface area contributed by atoms with E-state index in [1.54, 1.807) is 6.20 Å². The van der Waals surface area contributed by atoms with Crippen LogP contribution in [-0.4, -0.2) is 32.7 Å². The molecular formula is C21H23N5O2. The Kier molecular flexibility index (Phi) is 4.81. The van der Waals surface area contributed by atoms with Crippen LogP contribution in [0.1, 0.15) is 47.2 Å². The Morgan fingerprint density at radius 2 is 1.86 bits per heavy atom. The molecule has 0 atom stereocenters. The Bertz CT molecular complexity index is 1030. The predicted molar refractivity (Wildman–Crippen MR) is 107 cm³/mol. The molecule has 4 rings (SSSR count). The molecule has 0 aliphatic heterocycles. The molecule has 2 heterocycles. The predicted octanol–water partition coefficient (Wildman–Crippen LogP) is 2.95. The quantitative estimate of drug-likeness (QED) is 0.592. The Morgan fingerprint density at radius 3 is 2.57 bits per heavy atom. The fraction of sp³-hybridized carbons (Fsp3) is 0.333. The van der Waals surface area contributed by atoms with E-state index in [1.807, 2.05) is 31.2 Å². The fourth-order valence-corrected chi connectivity index (χ4v) is 3.94. The van der Waals surface area contributed by atoms with Gasteiger partial charge in [0.05, 0.1) is 10.9 Å². The maximum Gasteiger partial charge on any atom is 0.220 e. The summed E-state index contributed by atoms with van der Waals surface area (Å²) in [5.41, 5.74) is 8.20. The number of aromatic nitrogens is 3. The molecule has 1 saturated carbocycles. The third kappa shape index (κ3) is 3.35. The Labute approximate surface area is 162 Å². The summed E-state index contributed by atoms with van der Waals surface area (Å²) in [6.07, 6.45) is 6.39. The highest BCUT2D eigenvalue weighted by atomic mass is 16.1. The number of rotatable bonds is 5. The van der Waals surface area contributed by atoms with Crippen molar-refractivity contribution in [3.05, 3.63) is 53.5 Å². The lowest BCUT2D eigenvalue weighted by molar-refractivity contribution is -0.122. The molecule has 1 aliphatic rings. The molecular weight excluding hydrogens is 354 g/mol. The molecule has 0 unspecified atom stereocenters. The number of H-pyrrole nitrogens is 1. The number of amides is 1. The smallest absolute Gasteiger partial charge is 0.220 e. The van der Waals surface area contributed by atoms with Gasteiger partial charge in [-0.25, -0.2) is 9.97 Å². The van der Waals surface area contributed by atoms with Gasteiger partial charge in [-0.15, -0.1) is 0 Å². The molecule has 0 radical (unpaired) electrons. The van der Waals surface area contributed by atoms with Gasteiger partial charge in [0.2, 0.25) is 5.91 Å². The van der Waals surface area contributed by atoms with E-state index in [-0.39, 0.29) is 23.7 Å². The standard InChI is InChI=1S/C21H23N5O2/c1-12-4-2-3-5-15(12)18(27)16-10-23-20-17(16)21(25-11-24-20)26-14-8-6-13(7-9-14)19(22)28/h2-5,10-11,13-14H,6-9H2,1H3,(H2,22,28)(H2,23,24,25,26). The van der Waals surface area contributed by atoms with Crippen LogP contribution in [-0.2, 0) is 4.79 Å². The third-order valence-corrected chi connectivity index (χ3v) is 5.57. The van der Waals surface area contributed by atoms with Crippen LogP contribution in [0.25, 0.3) is 11.0 Å². The van der Waals surface area contributed by atoms with Crippen molar-refractivity contribution >= 4 is 28.5 Å². The second kappa shape index (κ2) is 7.42. The van der Waals surface area contributed by atoms with Crippen LogP contribution < -0.4 is 11.1 Å². The first-order valence-corrected chi connectivity index (χ1v) is 9.53. The Hall–Kier alpha value is -3.22. The van der Waals surface area contributed by atoms with Gasteiger partial charge in [0.25, 0.3) is 0 Å². The van der Waals surface area contributed by atoms with Gasteiger partial charge in [0.15, 0.2) is 5.78 Å². The zero-order valence-electron chi connectivity index (χ0n) is 15.7. The van der Waals surface area contributed by atoms with Gasteiger partial charge < -0.3 is 16.0 Å². The molecule has 144 valence electrons. The lowest BCUT2D eigenvalue weighted by Crippen LogP contribution is -2.32. The van der Waals surface area contributed by atoms with Gasteiger partial charge in [-0.05, 0) is 38.2 Å². The zero-order chi connectivity index (χ0) is 19.7. The van der Waals surface area contributed by atoms with E-state index < -0.39 is 0 Å². The normalized spacial score (nSPS) is 19.5. The maximum absolute atomic E-state index is 13.1. The van der Waals surface area contributed by atoms with Crippen molar-refractivity contribution in [2.45, 2.75) is 38.6 Å². The number of carbonyl (C=O) groups excluding carboxylic acids is 2. The van der Waals surface area contributed by atoms with Gasteiger partial charge in [-0.1, -0.05) is 24.3 Å². The summed E-state index contributed by atoms with van der Waals surface area (Å²) in [6, 6.07) is 7.72. The molecule has 7 nitrogen and oxygen atoms in total. The number of nitrogens with two attached hydrogens (primary N) is 1. The first-order valence-electron chi connectivity index (χ1n) is 9.53. The van der Waals surface area contributed by atoms with E-state index in [9.17, 15) is 9.59 Å². The number of benzene rings is 1. The first kappa shape index (κ1) is 18.2. The number of nitrogens with one attached hydrogen (secondary N) is 2. The number of fused-ring (bicyclic) bond motifs is 1. The maximum atomic E-state index is 13.1. The highest BCUT2D eigenvalue weighted by molar-refractivity contribution is 6.18. The number of hydrogen-bond acceptors (Lipinski definition) is 5. The molecule has 2 aromatic heterocycles. The lowest BCUT2D eigenvalue weighted by atomic mass is 9.85. The summed E-state index contributed by atoms with van der Waals surface area (Å²) in [4.78, 5) is 36.3. The van der Waals surface area contributed by atoms with Crippen LogP contribution in [0.2, 0.25) is 0 Å². The topological polar surface area (TPSA) is 114 Å². The number of primary amides is 1. The van der Waals surface area contributed by atoms with E-state index in [4.69, 9.17) is 5.73 Å². The SMILES string of the molecule is Cc1ccccc1C(=O)c1c[nH]c2ncnc(NC3CCC(C(N)=O)CC3)c12. The molecule has 0 saturated heterocycles. The highest BCUT2D eigenvalue weighted by Crippen LogP contribution is 2.30. The number of aromatic amines is 1. The highest BCUT2D eigenvalue weighted by Gasteiger charge is 2.26. The summed E-state index contributed by atoms with van der Waals surface area (Å²) < 4.78 is 0. The molecule has 28 heavy (non-hydrogen) atoms. The monoisotopic (exact) mass is 377 g/mol. The first-order chi connectivity index (χ1) is 13.5. The summed E-state index contributed by atoms with van der Waals surface area (Å²) in [5.74, 6) is 0.318. The third-order valence-electron chi connectivity index (χ3n) is 5.57. The van der Waals surface area contributed by atoms with Crippen LogP contribution in [0.3, 0.4) is 0 Å². The van der Waals surface area contributed by atoms with E-state index in [2.05, 4.69) is 20.3 Å². The molecule has 0 bridgehead atoms. The minimum atomic E-state index is -0.223. The van der Waals surface area contributed by atoms with Gasteiger partial charge >= 0.3 is 0 Å². The van der Waals surface area contributed by atoms with E-state index in [0.29, 0.717) is 28.0 Å². The average Bonchev–Trinajstić information content (AvgIpc) is 3.13. The number of carbonyl (C=O) groups is 2. The van der Waals surface area contributed by atoms with Gasteiger partial charge in [0, 0.05) is 23.7 Å². The minimum Gasteiger partial charge on any atom is -0.369 e. The van der Waals surface area contributed by atoms with Crippen molar-refractivity contribution in [2.24, 2.45) is 11.7 Å². The molecule has 1 aliphatic carbocycles. The van der Waals surface area contributed by atoms with Crippen molar-refractivity contribution in [1.82, 2.24) is 15.0 Å². The van der Waals surface area contributed by atoms with Gasteiger partial charge in [-0.3, -0.25) is 9.59 Å². The summed E-state index contributed by atoms with van der Waals surface area (Å²) in [7, 11) is 0. The second-order valence-electron chi connectivity index (χ2n) is 7.39. The van der Waals surface area contributed by atoms with E-state index >= 15 is 0 Å². The number of hydrogen-bond donors (Lipinski definition) is 3. The molecule has 4 N–H and O–H groups in total. The lowest BCUT2D eigenvalue weighted by Gasteiger charge is -2.27. The van der Waals surface area contributed by atoms with Crippen molar-refractivity contribution < 1.29 is 9.59 Å². The van der Waals surface area contributed by atoms with Gasteiger partial charge in [0.1, 0.15) is 17.8 Å². The van der Waals surface area contributed by atoms with Crippen molar-refractivity contribution in [3.63, 3.8) is 0 Å². The van der Waals surface area contributed by atoms with E-state index in [1.165, 1.54) is 6.33 Å². The van der Waals surface area contributed by atoms with Crippen LogP contribution in [0, 0.1) is 12.8 Å². The van der Waals surface area contributed by atoms with Crippen LogP contribution in [0.15, 0.2) is 36.8 Å². The molecule has 0 spiro atoms. The van der Waals surface area contributed by atoms with Crippen molar-refractivity contribution in [2.75, 3.05) is 5.32 Å². The van der Waals surface area contributed by atoms with Crippen LogP contribution >= 0.6 is 0 Å². The summed E-state index contributed by atoms with van der Waals surface area (Å²) in [6.45, 7) is 1.93. The Morgan fingerprint density at radius 1 is 1.11 bits per heavy atom. The zero-order valence-corrected chi connectivity index (χ0v) is 15.7. The average molecular weight is 377 g/mol. The van der Waals surface area contributed by atoms with Gasteiger partial charge in [-0.2, -0.15) is 0 Å². The summed E-state index contributed by atoms with van der Waals surface area (Å²) in [5, 5.41) is 4.16. The molecule has 3 aromatic rings. The summed E-state index contributed by atoms with van der Waals surface area (Å²) >= 11 is 0. The number of nitrogens with zero attached hydrogens (tertiary/aromatic N) is 2. The molecule has 7 heteroatoms. The molecule has 1 amide bonds. The molecule has 1 fully saturated rings. The largest absolute Gasteiger partial charge is 0.369 e. The Balaban J connectivity index is 1.64. The van der Waals surface area contributed by atoms with Crippen molar-refractivity contribution in [3.8, 4) is 0 Å². The number of aryl methyl sites for hydroxylation is 1. The van der Waals surface area contributed by atoms with Crippen molar-refractivity contribution in [1.29, 1.82) is 0 Å².